The lowest BCUT2D eigenvalue weighted by Gasteiger charge is -2.22. The Labute approximate surface area is 103 Å². The third-order valence-corrected chi connectivity index (χ3v) is 3.31. The number of hydrogen-bond acceptors (Lipinski definition) is 4. The minimum absolute atomic E-state index is 0.287. The first-order valence-electron chi connectivity index (χ1n) is 6.51. The first-order valence-corrected chi connectivity index (χ1v) is 6.51. The summed E-state index contributed by atoms with van der Waals surface area (Å²) in [4.78, 5) is 17.3. The average Bonchev–Trinajstić information content (AvgIpc) is 2.75. The molecule has 17 heavy (non-hydrogen) atoms. The van der Waals surface area contributed by atoms with Crippen LogP contribution in [-0.4, -0.2) is 23.9 Å². The average molecular weight is 241 g/mol. The van der Waals surface area contributed by atoms with E-state index in [2.05, 4.69) is 19.0 Å². The Balaban J connectivity index is 2.67. The molecule has 0 bridgehead atoms. The lowest BCUT2D eigenvalue weighted by atomic mass is 9.88. The molecule has 98 valence electrons. The molecular weight excluding hydrogens is 218 g/mol. The van der Waals surface area contributed by atoms with Crippen molar-refractivity contribution >= 4 is 11.7 Å². The van der Waals surface area contributed by atoms with E-state index in [-0.39, 0.29) is 5.97 Å². The van der Waals surface area contributed by atoms with Crippen molar-refractivity contribution in [3.8, 4) is 0 Å². The zero-order chi connectivity index (χ0) is 12.9. The Morgan fingerprint density at radius 2 is 2.24 bits per heavy atom. The van der Waals surface area contributed by atoms with Crippen molar-refractivity contribution < 1.29 is 14.4 Å². The van der Waals surface area contributed by atoms with Crippen LogP contribution in [0.25, 0.3) is 0 Å². The highest BCUT2D eigenvalue weighted by atomic mass is 16.7. The molecule has 1 aliphatic heterocycles. The van der Waals surface area contributed by atoms with Crippen LogP contribution in [0.1, 0.15) is 53.4 Å². The fourth-order valence-electron chi connectivity index (χ4n) is 2.07. The van der Waals surface area contributed by atoms with Gasteiger partial charge in [-0.15, -0.1) is 0 Å². The summed E-state index contributed by atoms with van der Waals surface area (Å²) >= 11 is 0. The van der Waals surface area contributed by atoms with Gasteiger partial charge in [-0.25, -0.2) is 4.79 Å². The Bertz CT molecular complexity index is 301. The van der Waals surface area contributed by atoms with E-state index in [0.29, 0.717) is 25.4 Å². The molecular formula is C13H23NO3. The second-order valence-electron chi connectivity index (χ2n) is 4.61. The summed E-state index contributed by atoms with van der Waals surface area (Å²) in [6.07, 6.45) is 3.35. The van der Waals surface area contributed by atoms with Crippen molar-refractivity contribution in [1.29, 1.82) is 0 Å². The highest BCUT2D eigenvalue weighted by Crippen LogP contribution is 2.32. The minimum atomic E-state index is -0.868. The SMILES string of the molecule is CCCC(C)C1=NOC(CC)(C(=O)OCC)C1. The van der Waals surface area contributed by atoms with Gasteiger partial charge in [0.05, 0.1) is 12.3 Å². The number of oxime groups is 1. The summed E-state index contributed by atoms with van der Waals surface area (Å²) in [6, 6.07) is 0. The second kappa shape index (κ2) is 6.03. The van der Waals surface area contributed by atoms with E-state index >= 15 is 0 Å². The highest BCUT2D eigenvalue weighted by Gasteiger charge is 2.47. The number of carbonyl (C=O) groups is 1. The van der Waals surface area contributed by atoms with Gasteiger partial charge in [-0.3, -0.25) is 0 Å². The fourth-order valence-corrected chi connectivity index (χ4v) is 2.07. The predicted molar refractivity (Wildman–Crippen MR) is 66.9 cm³/mol. The summed E-state index contributed by atoms with van der Waals surface area (Å²) in [5, 5.41) is 4.10. The number of esters is 1. The Kier molecular flexibility index (Phi) is 4.97. The molecule has 2 unspecified atom stereocenters. The molecule has 0 N–H and O–H groups in total. The van der Waals surface area contributed by atoms with Gasteiger partial charge in [0.1, 0.15) is 0 Å². The summed E-state index contributed by atoms with van der Waals surface area (Å²) < 4.78 is 5.07. The number of ether oxygens (including phenoxy) is 1. The molecule has 2 atom stereocenters. The maximum atomic E-state index is 11.9. The predicted octanol–water partition coefficient (Wildman–Crippen LogP) is 2.91. The molecule has 0 spiro atoms. The molecule has 0 saturated heterocycles. The van der Waals surface area contributed by atoms with Crippen molar-refractivity contribution in [2.75, 3.05) is 6.61 Å². The Morgan fingerprint density at radius 1 is 1.53 bits per heavy atom. The third-order valence-electron chi connectivity index (χ3n) is 3.31. The van der Waals surface area contributed by atoms with E-state index in [1.807, 2.05) is 6.92 Å². The monoisotopic (exact) mass is 241 g/mol. The molecule has 1 rings (SSSR count). The number of rotatable bonds is 6. The van der Waals surface area contributed by atoms with Gasteiger partial charge < -0.3 is 9.57 Å². The van der Waals surface area contributed by atoms with Crippen LogP contribution < -0.4 is 0 Å². The minimum Gasteiger partial charge on any atom is -0.463 e. The van der Waals surface area contributed by atoms with Crippen molar-refractivity contribution in [3.05, 3.63) is 0 Å². The smallest absolute Gasteiger partial charge is 0.353 e. The molecule has 0 aromatic carbocycles. The first-order chi connectivity index (χ1) is 8.09. The van der Waals surface area contributed by atoms with Crippen LogP contribution in [0.2, 0.25) is 0 Å². The summed E-state index contributed by atoms with van der Waals surface area (Å²) in [7, 11) is 0. The maximum absolute atomic E-state index is 11.9. The Morgan fingerprint density at radius 3 is 2.76 bits per heavy atom. The van der Waals surface area contributed by atoms with Crippen molar-refractivity contribution in [3.63, 3.8) is 0 Å². The molecule has 1 heterocycles. The van der Waals surface area contributed by atoms with Crippen molar-refractivity contribution in [2.45, 2.75) is 59.0 Å². The van der Waals surface area contributed by atoms with Crippen molar-refractivity contribution in [2.24, 2.45) is 11.1 Å². The highest BCUT2D eigenvalue weighted by molar-refractivity contribution is 5.94. The molecule has 0 aliphatic carbocycles. The summed E-state index contributed by atoms with van der Waals surface area (Å²) in [6.45, 7) is 8.38. The quantitative estimate of drug-likeness (QED) is 0.672. The van der Waals surface area contributed by atoms with Gasteiger partial charge in [-0.05, 0) is 25.7 Å². The van der Waals surface area contributed by atoms with E-state index < -0.39 is 5.60 Å². The molecule has 0 amide bonds. The lowest BCUT2D eigenvalue weighted by Crippen LogP contribution is -2.40. The van der Waals surface area contributed by atoms with Gasteiger partial charge in [0.2, 0.25) is 5.60 Å². The van der Waals surface area contributed by atoms with Gasteiger partial charge in [0.15, 0.2) is 0 Å². The van der Waals surface area contributed by atoms with Gasteiger partial charge in [0.25, 0.3) is 0 Å². The molecule has 0 radical (unpaired) electrons. The number of carbonyl (C=O) groups excluding carboxylic acids is 1. The molecule has 0 aromatic rings. The first kappa shape index (κ1) is 14.0. The topological polar surface area (TPSA) is 47.9 Å². The summed E-state index contributed by atoms with van der Waals surface area (Å²) in [5.41, 5.74) is 0.120. The van der Waals surface area contributed by atoms with Crippen molar-refractivity contribution in [1.82, 2.24) is 0 Å². The molecule has 0 aromatic heterocycles. The van der Waals surface area contributed by atoms with E-state index in [0.717, 1.165) is 18.6 Å². The Hall–Kier alpha value is -1.06. The van der Waals surface area contributed by atoms with Gasteiger partial charge >= 0.3 is 5.97 Å². The van der Waals surface area contributed by atoms with Crippen LogP contribution in [0.5, 0.6) is 0 Å². The van der Waals surface area contributed by atoms with Crippen LogP contribution in [-0.2, 0) is 14.4 Å². The van der Waals surface area contributed by atoms with Gasteiger partial charge in [-0.1, -0.05) is 32.3 Å². The number of nitrogens with zero attached hydrogens (tertiary/aromatic N) is 1. The molecule has 4 nitrogen and oxygen atoms in total. The zero-order valence-electron chi connectivity index (χ0n) is 11.3. The van der Waals surface area contributed by atoms with Crippen LogP contribution >= 0.6 is 0 Å². The molecule has 0 fully saturated rings. The van der Waals surface area contributed by atoms with Gasteiger partial charge in [0, 0.05) is 6.42 Å². The largest absolute Gasteiger partial charge is 0.463 e. The lowest BCUT2D eigenvalue weighted by molar-refractivity contribution is -0.169. The third kappa shape index (κ3) is 2.99. The number of hydrogen-bond donors (Lipinski definition) is 0. The van der Waals surface area contributed by atoms with Crippen LogP contribution in [0.15, 0.2) is 5.16 Å². The normalized spacial score (nSPS) is 25.1. The maximum Gasteiger partial charge on any atom is 0.353 e. The molecule has 4 heteroatoms. The van der Waals surface area contributed by atoms with Gasteiger partial charge in [-0.2, -0.15) is 0 Å². The van der Waals surface area contributed by atoms with Crippen LogP contribution in [0, 0.1) is 5.92 Å². The van der Waals surface area contributed by atoms with Crippen LogP contribution in [0.4, 0.5) is 0 Å². The standard InChI is InChI=1S/C13H23NO3/c1-5-8-10(4)11-9-13(6-2,17-14-11)12(15)16-7-3/h10H,5-9H2,1-4H3. The van der Waals surface area contributed by atoms with E-state index in [1.165, 1.54) is 0 Å². The van der Waals surface area contributed by atoms with Crippen LogP contribution in [0.3, 0.4) is 0 Å². The fraction of sp³-hybridized carbons (Fsp3) is 0.846. The van der Waals surface area contributed by atoms with E-state index in [4.69, 9.17) is 9.57 Å². The van der Waals surface area contributed by atoms with E-state index in [1.54, 1.807) is 6.92 Å². The van der Waals surface area contributed by atoms with E-state index in [9.17, 15) is 4.79 Å². The molecule has 0 saturated carbocycles. The summed E-state index contributed by atoms with van der Waals surface area (Å²) in [5.74, 6) is 0.0906. The second-order valence-corrected chi connectivity index (χ2v) is 4.61. The zero-order valence-corrected chi connectivity index (χ0v) is 11.3. The molecule has 1 aliphatic rings.